The fourth-order valence-electron chi connectivity index (χ4n) is 8.13. The van der Waals surface area contributed by atoms with Crippen molar-refractivity contribution in [1.29, 1.82) is 0 Å². The van der Waals surface area contributed by atoms with Crippen molar-refractivity contribution in [2.45, 2.75) is 76.7 Å². The Morgan fingerprint density at radius 3 is 2.61 bits per heavy atom. The summed E-state index contributed by atoms with van der Waals surface area (Å²) < 4.78 is 28.9. The normalized spacial score (nSPS) is 46.7. The molecule has 9 nitrogen and oxygen atoms in total. The monoisotopic (exact) mass is 500 g/mol. The number of rotatable bonds is 2. The molecule has 3 aliphatic heterocycles. The summed E-state index contributed by atoms with van der Waals surface area (Å²) in [4.78, 5) is 39.4. The van der Waals surface area contributed by atoms with E-state index in [1.54, 1.807) is 32.4 Å². The van der Waals surface area contributed by atoms with Gasteiger partial charge in [-0.25, -0.2) is 9.59 Å². The summed E-state index contributed by atoms with van der Waals surface area (Å²) in [6.45, 7) is 7.39. The van der Waals surface area contributed by atoms with Gasteiger partial charge in [0.1, 0.15) is 6.10 Å². The Labute approximate surface area is 209 Å². The number of ether oxygens (including phenoxy) is 4. The molecular formula is C27H32O9. The van der Waals surface area contributed by atoms with Crippen molar-refractivity contribution in [3.05, 3.63) is 35.8 Å². The van der Waals surface area contributed by atoms with Gasteiger partial charge < -0.3 is 28.5 Å². The third-order valence-electron chi connectivity index (χ3n) is 9.80. The summed E-state index contributed by atoms with van der Waals surface area (Å²) in [6, 6.07) is 1.78. The van der Waals surface area contributed by atoms with Crippen LogP contribution < -0.4 is 0 Å². The molecule has 2 saturated heterocycles. The average molecular weight is 501 g/mol. The number of Topliss-reactive ketones (excluding diaryl/α,β-unsaturated/α-hetero) is 1. The molecule has 0 aromatic carbocycles. The molecule has 0 unspecified atom stereocenters. The summed E-state index contributed by atoms with van der Waals surface area (Å²) in [6.07, 6.45) is 3.90. The number of carbonyl (C=O) groups excluding carboxylic acids is 3. The number of methoxy groups -OCH3 is 1. The van der Waals surface area contributed by atoms with E-state index in [1.807, 2.05) is 13.8 Å². The molecule has 2 aliphatic carbocycles. The van der Waals surface area contributed by atoms with Gasteiger partial charge in [-0.05, 0) is 30.9 Å². The molecule has 194 valence electrons. The van der Waals surface area contributed by atoms with Crippen molar-refractivity contribution in [3.8, 4) is 0 Å². The number of aliphatic hydroxyl groups is 1. The molecule has 1 N–H and O–H groups in total. The van der Waals surface area contributed by atoms with Crippen molar-refractivity contribution < 1.29 is 42.9 Å². The minimum absolute atomic E-state index is 0.0255. The zero-order valence-corrected chi connectivity index (χ0v) is 21.1. The molecule has 1 aromatic rings. The maximum Gasteiger partial charge on any atom is 0.335 e. The van der Waals surface area contributed by atoms with E-state index in [4.69, 9.17) is 23.4 Å². The van der Waals surface area contributed by atoms with Crippen molar-refractivity contribution >= 4 is 17.7 Å². The first-order valence-electron chi connectivity index (χ1n) is 12.6. The first-order valence-corrected chi connectivity index (χ1v) is 12.6. The number of esters is 2. The van der Waals surface area contributed by atoms with Crippen LogP contribution in [-0.2, 0) is 33.3 Å². The van der Waals surface area contributed by atoms with Crippen LogP contribution in [0, 0.1) is 28.6 Å². The lowest BCUT2D eigenvalue weighted by Crippen LogP contribution is -2.75. The van der Waals surface area contributed by atoms with Gasteiger partial charge in [-0.1, -0.05) is 27.7 Å². The topological polar surface area (TPSA) is 122 Å². The van der Waals surface area contributed by atoms with Crippen molar-refractivity contribution in [2.24, 2.45) is 28.6 Å². The van der Waals surface area contributed by atoms with E-state index in [0.29, 0.717) is 12.8 Å². The molecule has 36 heavy (non-hydrogen) atoms. The number of furan rings is 1. The SMILES string of the molecule is COC(=O)[C@@H]1O[C@]23O[C@H]4CC[C@]5(C)C(=CC(=O)O[C@H]5c5ccoc5)[C@H]4C[C@]2(O)C(=O)C(C)(C)[C@H]1[C@@H]3C. The van der Waals surface area contributed by atoms with Gasteiger partial charge in [0.15, 0.2) is 17.5 Å². The second-order valence-electron chi connectivity index (χ2n) is 11.9. The van der Waals surface area contributed by atoms with Gasteiger partial charge >= 0.3 is 11.9 Å². The standard InChI is InChI=1S/C27H32O9/c1-13-19-20(22(29)32-5)36-27(13)26(31,23(30)24(19,2)3)11-15-16-10-18(28)34-21(14-7-9-33-12-14)25(16,4)8-6-17(15)35-27/h7,9-10,12-13,15,17,19-21,31H,6,8,11H2,1-5H3/t13-,15+,17-,19-,20+,21-,25+,26-,27-/m0/s1. The third kappa shape index (κ3) is 2.69. The van der Waals surface area contributed by atoms with Gasteiger partial charge in [-0.3, -0.25) is 4.79 Å². The summed E-state index contributed by atoms with van der Waals surface area (Å²) in [5, 5.41) is 12.2. The van der Waals surface area contributed by atoms with Crippen LogP contribution in [0.15, 0.2) is 34.7 Å². The van der Waals surface area contributed by atoms with Crippen LogP contribution in [0.4, 0.5) is 0 Å². The number of carbonyl (C=O) groups is 3. The van der Waals surface area contributed by atoms with Gasteiger partial charge in [-0.2, -0.15) is 0 Å². The summed E-state index contributed by atoms with van der Waals surface area (Å²) >= 11 is 0. The molecule has 4 fully saturated rings. The zero-order valence-electron chi connectivity index (χ0n) is 21.1. The van der Waals surface area contributed by atoms with Crippen molar-refractivity contribution in [1.82, 2.24) is 0 Å². The van der Waals surface area contributed by atoms with Crippen molar-refractivity contribution in [3.63, 3.8) is 0 Å². The van der Waals surface area contributed by atoms with E-state index >= 15 is 0 Å². The fourth-order valence-corrected chi connectivity index (χ4v) is 8.13. The van der Waals surface area contributed by atoms with Crippen LogP contribution in [0.3, 0.4) is 0 Å². The molecule has 2 bridgehead atoms. The molecule has 4 heterocycles. The smallest absolute Gasteiger partial charge is 0.335 e. The number of cyclic esters (lactones) is 1. The van der Waals surface area contributed by atoms with Crippen LogP contribution in [0.5, 0.6) is 0 Å². The molecule has 6 rings (SSSR count). The molecule has 9 heteroatoms. The van der Waals surface area contributed by atoms with E-state index in [1.165, 1.54) is 13.2 Å². The third-order valence-corrected chi connectivity index (χ3v) is 9.80. The number of hydrogen-bond donors (Lipinski definition) is 1. The Bertz CT molecular complexity index is 1170. The molecule has 2 saturated carbocycles. The maximum atomic E-state index is 14.0. The molecule has 1 spiro atoms. The van der Waals surface area contributed by atoms with E-state index in [9.17, 15) is 19.5 Å². The first-order chi connectivity index (χ1) is 16.9. The van der Waals surface area contributed by atoms with Gasteiger partial charge in [0, 0.05) is 40.2 Å². The number of ketones is 1. The summed E-state index contributed by atoms with van der Waals surface area (Å²) in [5.74, 6) is -4.52. The van der Waals surface area contributed by atoms with Gasteiger partial charge in [0.05, 0.1) is 25.7 Å². The second-order valence-corrected chi connectivity index (χ2v) is 11.9. The molecule has 9 atom stereocenters. The van der Waals surface area contributed by atoms with Gasteiger partial charge in [-0.15, -0.1) is 0 Å². The predicted octanol–water partition coefficient (Wildman–Crippen LogP) is 2.87. The Hall–Kier alpha value is -2.49. The van der Waals surface area contributed by atoms with Crippen molar-refractivity contribution in [2.75, 3.05) is 7.11 Å². The minimum atomic E-state index is -2.01. The van der Waals surface area contributed by atoms with E-state index in [2.05, 4.69) is 0 Å². The quantitative estimate of drug-likeness (QED) is 0.611. The lowest BCUT2D eigenvalue weighted by atomic mass is 9.51. The Balaban J connectivity index is 1.44. The lowest BCUT2D eigenvalue weighted by molar-refractivity contribution is -0.366. The first kappa shape index (κ1) is 23.9. The van der Waals surface area contributed by atoms with E-state index < -0.39 is 76.0 Å². The molecule has 0 radical (unpaired) electrons. The molecule has 1 aromatic heterocycles. The summed E-state index contributed by atoms with van der Waals surface area (Å²) in [5.41, 5.74) is -2.08. The molecule has 0 amide bonds. The van der Waals surface area contributed by atoms with Gasteiger partial charge in [0.2, 0.25) is 5.79 Å². The van der Waals surface area contributed by atoms with Crippen LogP contribution in [0.2, 0.25) is 0 Å². The zero-order chi connectivity index (χ0) is 25.8. The maximum absolute atomic E-state index is 14.0. The lowest BCUT2D eigenvalue weighted by Gasteiger charge is -2.61. The Kier molecular flexibility index (Phi) is 4.84. The minimum Gasteiger partial charge on any atom is -0.472 e. The Morgan fingerprint density at radius 1 is 1.19 bits per heavy atom. The Morgan fingerprint density at radius 2 is 1.94 bits per heavy atom. The molecule has 5 aliphatic rings. The average Bonchev–Trinajstić information content (AvgIpc) is 3.45. The highest BCUT2D eigenvalue weighted by molar-refractivity contribution is 5.96. The highest BCUT2D eigenvalue weighted by Gasteiger charge is 2.80. The largest absolute Gasteiger partial charge is 0.472 e. The van der Waals surface area contributed by atoms with E-state index in [-0.39, 0.29) is 6.42 Å². The van der Waals surface area contributed by atoms with Gasteiger partial charge in [0.25, 0.3) is 0 Å². The predicted molar refractivity (Wildman–Crippen MR) is 122 cm³/mol. The van der Waals surface area contributed by atoms with E-state index in [0.717, 1.165) is 11.1 Å². The summed E-state index contributed by atoms with van der Waals surface area (Å²) in [7, 11) is 1.28. The highest BCUT2D eigenvalue weighted by atomic mass is 16.7. The highest BCUT2D eigenvalue weighted by Crippen LogP contribution is 2.67. The second kappa shape index (κ2) is 7.30. The van der Waals surface area contributed by atoms with Crippen LogP contribution in [0.1, 0.15) is 58.6 Å². The molecular weight excluding hydrogens is 468 g/mol. The van der Waals surface area contributed by atoms with Crippen LogP contribution >= 0.6 is 0 Å². The number of hydrogen-bond acceptors (Lipinski definition) is 9. The fraction of sp³-hybridized carbons (Fsp3) is 0.667. The van der Waals surface area contributed by atoms with Crippen LogP contribution in [0.25, 0.3) is 0 Å². The number of fused-ring (bicyclic) bond motifs is 4. The van der Waals surface area contributed by atoms with Crippen LogP contribution in [-0.4, -0.2) is 53.5 Å².